The highest BCUT2D eigenvalue weighted by atomic mass is 32.2. The molecule has 2 bridgehead atoms. The third-order valence-corrected chi connectivity index (χ3v) is 13.5. The Bertz CT molecular complexity index is 1000. The van der Waals surface area contributed by atoms with Crippen LogP contribution in [0.3, 0.4) is 0 Å². The van der Waals surface area contributed by atoms with Crippen LogP contribution in [0.25, 0.3) is 0 Å². The molecule has 0 aromatic heterocycles. The number of hydrogen-bond acceptors (Lipinski definition) is 7. The number of rotatable bonds is 13. The van der Waals surface area contributed by atoms with Crippen LogP contribution in [0, 0.1) is 16.7 Å². The molecule has 0 aromatic carbocycles. The Kier molecular flexibility index (Phi) is 9.29. The van der Waals surface area contributed by atoms with E-state index in [-0.39, 0.29) is 35.5 Å². The van der Waals surface area contributed by atoms with Crippen molar-refractivity contribution in [1.82, 2.24) is 4.31 Å². The molecule has 9 heteroatoms. The Morgan fingerprint density at radius 2 is 1.50 bits per heavy atom. The van der Waals surface area contributed by atoms with E-state index in [2.05, 4.69) is 20.8 Å². The van der Waals surface area contributed by atoms with Crippen molar-refractivity contribution in [3.05, 3.63) is 0 Å². The standard InChI is InChI=1S/C31H53NO7S/c1-4-5-6-7-8-9-10-11-12-22(33)23-13-14-24(38-23)25-15-16-26(39-25)28(34)29(35)32-27-19-21-17-18-31(27,30(21,2)3)20-40(32,36)37/h21-28,33-34H,4-20H2,1-3H3/t21-,22-,23+,24-,25-,26+,27-,28-,31-/m0/s1. The van der Waals surface area contributed by atoms with E-state index in [0.29, 0.717) is 25.2 Å². The van der Waals surface area contributed by atoms with Crippen LogP contribution in [0.2, 0.25) is 0 Å². The van der Waals surface area contributed by atoms with Gasteiger partial charge < -0.3 is 19.7 Å². The number of sulfonamides is 1. The minimum atomic E-state index is -3.78. The lowest BCUT2D eigenvalue weighted by Crippen LogP contribution is -2.50. The number of fused-ring (bicyclic) bond motifs is 1. The summed E-state index contributed by atoms with van der Waals surface area (Å²) in [6.45, 7) is 6.53. The van der Waals surface area contributed by atoms with E-state index in [4.69, 9.17) is 9.47 Å². The summed E-state index contributed by atoms with van der Waals surface area (Å²) < 4.78 is 39.9. The number of aliphatic hydroxyl groups excluding tert-OH is 2. The molecule has 2 saturated carbocycles. The number of ether oxygens (including phenoxy) is 2. The van der Waals surface area contributed by atoms with Crippen LogP contribution in [0.1, 0.15) is 124 Å². The van der Waals surface area contributed by atoms with Crippen molar-refractivity contribution in [3.63, 3.8) is 0 Å². The third kappa shape index (κ3) is 5.51. The van der Waals surface area contributed by atoms with Gasteiger partial charge in [-0.3, -0.25) is 4.79 Å². The molecule has 40 heavy (non-hydrogen) atoms. The summed E-state index contributed by atoms with van der Waals surface area (Å²) >= 11 is 0. The van der Waals surface area contributed by atoms with E-state index < -0.39 is 39.7 Å². The van der Waals surface area contributed by atoms with Crippen molar-refractivity contribution < 1.29 is 32.9 Å². The molecule has 3 saturated heterocycles. The van der Waals surface area contributed by atoms with Gasteiger partial charge in [0.15, 0.2) is 6.10 Å². The summed E-state index contributed by atoms with van der Waals surface area (Å²) in [4.78, 5) is 13.5. The lowest BCUT2D eigenvalue weighted by molar-refractivity contribution is -0.150. The van der Waals surface area contributed by atoms with Crippen molar-refractivity contribution in [2.24, 2.45) is 16.7 Å². The molecule has 0 unspecified atom stereocenters. The number of carbonyl (C=O) groups is 1. The van der Waals surface area contributed by atoms with E-state index >= 15 is 0 Å². The van der Waals surface area contributed by atoms with Crippen LogP contribution in [-0.4, -0.2) is 77.3 Å². The zero-order chi connectivity index (χ0) is 28.7. The monoisotopic (exact) mass is 583 g/mol. The molecule has 5 fully saturated rings. The van der Waals surface area contributed by atoms with E-state index in [1.807, 2.05) is 0 Å². The fourth-order valence-electron chi connectivity index (χ4n) is 8.98. The number of aliphatic hydroxyl groups is 2. The highest BCUT2D eigenvalue weighted by Gasteiger charge is 2.72. The van der Waals surface area contributed by atoms with Crippen molar-refractivity contribution >= 4 is 15.9 Å². The molecule has 3 aliphatic heterocycles. The molecule has 230 valence electrons. The average Bonchev–Trinajstić information content (AvgIpc) is 3.70. The van der Waals surface area contributed by atoms with E-state index in [1.54, 1.807) is 0 Å². The minimum absolute atomic E-state index is 0.000632. The molecule has 0 radical (unpaired) electrons. The second-order valence-electron chi connectivity index (χ2n) is 14.1. The quantitative estimate of drug-likeness (QED) is 0.302. The predicted molar refractivity (Wildman–Crippen MR) is 153 cm³/mol. The van der Waals surface area contributed by atoms with Crippen molar-refractivity contribution in [2.75, 3.05) is 5.75 Å². The normalized spacial score (nSPS) is 39.1. The van der Waals surface area contributed by atoms with Gasteiger partial charge in [-0.1, -0.05) is 72.1 Å². The van der Waals surface area contributed by atoms with E-state index in [1.165, 1.54) is 38.5 Å². The number of nitrogens with zero attached hydrogens (tertiary/aromatic N) is 1. The summed E-state index contributed by atoms with van der Waals surface area (Å²) in [5.41, 5.74) is -0.540. The first-order valence-electron chi connectivity index (χ1n) is 16.2. The molecule has 2 aliphatic carbocycles. The molecule has 1 spiro atoms. The van der Waals surface area contributed by atoms with Gasteiger partial charge >= 0.3 is 0 Å². The van der Waals surface area contributed by atoms with Gasteiger partial charge in [-0.05, 0) is 62.7 Å². The lowest BCUT2D eigenvalue weighted by Gasteiger charge is -2.37. The second-order valence-corrected chi connectivity index (χ2v) is 16.0. The van der Waals surface area contributed by atoms with Gasteiger partial charge in [0.05, 0.1) is 42.3 Å². The molecule has 9 atom stereocenters. The first kappa shape index (κ1) is 30.7. The largest absolute Gasteiger partial charge is 0.390 e. The average molecular weight is 584 g/mol. The van der Waals surface area contributed by atoms with Crippen LogP contribution in [0.5, 0.6) is 0 Å². The molecule has 1 amide bonds. The molecule has 5 aliphatic rings. The van der Waals surface area contributed by atoms with Gasteiger partial charge in [0.2, 0.25) is 10.0 Å². The Morgan fingerprint density at radius 3 is 2.15 bits per heavy atom. The van der Waals surface area contributed by atoms with Crippen molar-refractivity contribution in [3.8, 4) is 0 Å². The highest BCUT2D eigenvalue weighted by Crippen LogP contribution is 2.70. The zero-order valence-corrected chi connectivity index (χ0v) is 25.7. The smallest absolute Gasteiger partial charge is 0.267 e. The van der Waals surface area contributed by atoms with Crippen molar-refractivity contribution in [2.45, 2.75) is 166 Å². The first-order chi connectivity index (χ1) is 19.0. The van der Waals surface area contributed by atoms with Gasteiger partial charge in [0.25, 0.3) is 5.91 Å². The molecule has 8 nitrogen and oxygen atoms in total. The highest BCUT2D eigenvalue weighted by molar-refractivity contribution is 7.90. The van der Waals surface area contributed by atoms with E-state index in [9.17, 15) is 23.4 Å². The maximum atomic E-state index is 13.5. The van der Waals surface area contributed by atoms with Gasteiger partial charge in [-0.15, -0.1) is 0 Å². The fraction of sp³-hybridized carbons (Fsp3) is 0.968. The second kappa shape index (κ2) is 12.1. The van der Waals surface area contributed by atoms with E-state index in [0.717, 1.165) is 49.3 Å². The van der Waals surface area contributed by atoms with Crippen LogP contribution in [0.4, 0.5) is 0 Å². The van der Waals surface area contributed by atoms with Crippen molar-refractivity contribution in [1.29, 1.82) is 0 Å². The first-order valence-corrected chi connectivity index (χ1v) is 17.9. The number of hydrogen-bond donors (Lipinski definition) is 2. The minimum Gasteiger partial charge on any atom is -0.390 e. The third-order valence-electron chi connectivity index (χ3n) is 11.6. The Labute approximate surface area is 241 Å². The zero-order valence-electron chi connectivity index (χ0n) is 24.9. The topological polar surface area (TPSA) is 113 Å². The number of amides is 1. The number of unbranched alkanes of at least 4 members (excludes halogenated alkanes) is 7. The van der Waals surface area contributed by atoms with Gasteiger partial charge in [0, 0.05) is 5.41 Å². The molecular weight excluding hydrogens is 530 g/mol. The predicted octanol–water partition coefficient (Wildman–Crippen LogP) is 4.70. The fourth-order valence-corrected chi connectivity index (χ4v) is 11.5. The Hall–Kier alpha value is -0.740. The Balaban J connectivity index is 1.08. The summed E-state index contributed by atoms with van der Waals surface area (Å²) in [5, 5.41) is 21.8. The van der Waals surface area contributed by atoms with Gasteiger partial charge in [-0.25, -0.2) is 12.7 Å². The molecular formula is C31H53NO7S. The van der Waals surface area contributed by atoms with Gasteiger partial charge in [0.1, 0.15) is 0 Å². The summed E-state index contributed by atoms with van der Waals surface area (Å²) in [7, 11) is -3.78. The SMILES string of the molecule is CCCCCCCCCC[C@H](O)[C@H]1CC[C@@H]([C@@H]2CC[C@H]([C@H](O)C(=O)N3[C@H]4C[C@@H]5CC[C@@]4(CS3(=O)=O)C5(C)C)O2)O1. The maximum Gasteiger partial charge on any atom is 0.267 e. The molecule has 2 N–H and O–H groups in total. The lowest BCUT2D eigenvalue weighted by atomic mass is 9.69. The van der Waals surface area contributed by atoms with Crippen LogP contribution < -0.4 is 0 Å². The number of carbonyl (C=O) groups excluding carboxylic acids is 1. The molecule has 5 rings (SSSR count). The van der Waals surface area contributed by atoms with Crippen LogP contribution in [0.15, 0.2) is 0 Å². The van der Waals surface area contributed by atoms with Crippen LogP contribution >= 0.6 is 0 Å². The molecule has 3 heterocycles. The maximum absolute atomic E-state index is 13.5. The van der Waals surface area contributed by atoms with Gasteiger partial charge in [-0.2, -0.15) is 0 Å². The van der Waals surface area contributed by atoms with Crippen LogP contribution in [-0.2, 0) is 24.3 Å². The summed E-state index contributed by atoms with van der Waals surface area (Å²) in [6.07, 6.45) is 12.5. The summed E-state index contributed by atoms with van der Waals surface area (Å²) in [5.74, 6) is -0.313. The molecule has 0 aromatic rings. The summed E-state index contributed by atoms with van der Waals surface area (Å²) in [6, 6.07) is -0.355. The Morgan fingerprint density at radius 1 is 0.900 bits per heavy atom.